The second-order valence-corrected chi connectivity index (χ2v) is 5.13. The molecule has 0 saturated carbocycles. The molecule has 1 fully saturated rings. The van der Waals surface area contributed by atoms with Gasteiger partial charge in [-0.05, 0) is 31.5 Å². The average Bonchev–Trinajstić information content (AvgIpc) is 2.83. The molecule has 0 radical (unpaired) electrons. The number of para-hydroxylation sites is 1. The first-order valence-electron chi connectivity index (χ1n) is 6.66. The van der Waals surface area contributed by atoms with Crippen LogP contribution >= 0.6 is 0 Å². The summed E-state index contributed by atoms with van der Waals surface area (Å²) >= 11 is 0. The zero-order chi connectivity index (χ0) is 12.6. The summed E-state index contributed by atoms with van der Waals surface area (Å²) in [4.78, 5) is 0. The Kier molecular flexibility index (Phi) is 2.88. The number of piperidine rings is 1. The summed E-state index contributed by atoms with van der Waals surface area (Å²) in [6, 6.07) is 9.91. The van der Waals surface area contributed by atoms with E-state index in [1.807, 2.05) is 30.3 Å². The fourth-order valence-corrected chi connectivity index (χ4v) is 2.93. The average molecular weight is 245 g/mol. The van der Waals surface area contributed by atoms with Gasteiger partial charge in [0.1, 0.15) is 16.9 Å². The van der Waals surface area contributed by atoms with Crippen LogP contribution in [0.5, 0.6) is 0 Å². The molecular weight excluding hydrogens is 226 g/mol. The maximum absolute atomic E-state index is 11.0. The zero-order valence-electron chi connectivity index (χ0n) is 10.6. The Balaban J connectivity index is 2.05. The van der Waals surface area contributed by atoms with E-state index >= 15 is 0 Å². The third kappa shape index (κ3) is 1.74. The lowest BCUT2D eigenvalue weighted by Crippen LogP contribution is -2.47. The monoisotopic (exact) mass is 245 g/mol. The van der Waals surface area contributed by atoms with Gasteiger partial charge in [-0.25, -0.2) is 0 Å². The van der Waals surface area contributed by atoms with Crippen molar-refractivity contribution < 1.29 is 9.52 Å². The number of benzene rings is 1. The second-order valence-electron chi connectivity index (χ2n) is 5.13. The molecule has 0 amide bonds. The third-order valence-electron chi connectivity index (χ3n) is 4.09. The normalized spacial score (nSPS) is 28.7. The molecule has 0 aliphatic carbocycles. The number of rotatable bonds is 2. The lowest BCUT2D eigenvalue weighted by atomic mass is 9.78. The van der Waals surface area contributed by atoms with Crippen LogP contribution in [0.1, 0.15) is 25.5 Å². The predicted octanol–water partition coefficient (Wildman–Crippen LogP) is 2.64. The molecule has 3 nitrogen and oxygen atoms in total. The van der Waals surface area contributed by atoms with Crippen LogP contribution < -0.4 is 5.32 Å². The first-order valence-corrected chi connectivity index (χ1v) is 6.66. The largest absolute Gasteiger partial charge is 0.458 e. The molecule has 2 unspecified atom stereocenters. The van der Waals surface area contributed by atoms with E-state index in [-0.39, 0.29) is 5.92 Å². The Morgan fingerprint density at radius 3 is 3.06 bits per heavy atom. The van der Waals surface area contributed by atoms with Gasteiger partial charge in [-0.15, -0.1) is 0 Å². The number of fused-ring (bicyclic) bond motifs is 1. The van der Waals surface area contributed by atoms with Crippen LogP contribution in [0, 0.1) is 5.92 Å². The fraction of sp³-hybridized carbons (Fsp3) is 0.467. The molecule has 1 aromatic carbocycles. The minimum absolute atomic E-state index is 0.215. The lowest BCUT2D eigenvalue weighted by molar-refractivity contribution is -0.0634. The molecule has 1 aromatic heterocycles. The van der Waals surface area contributed by atoms with Gasteiger partial charge < -0.3 is 14.8 Å². The van der Waals surface area contributed by atoms with Gasteiger partial charge in [0.05, 0.1) is 0 Å². The Labute approximate surface area is 107 Å². The van der Waals surface area contributed by atoms with Crippen LogP contribution in [-0.4, -0.2) is 18.2 Å². The summed E-state index contributed by atoms with van der Waals surface area (Å²) in [5, 5.41) is 15.4. The zero-order valence-corrected chi connectivity index (χ0v) is 10.6. The number of nitrogens with one attached hydrogen (secondary N) is 1. The molecule has 96 valence electrons. The molecule has 2 N–H and O–H groups in total. The van der Waals surface area contributed by atoms with Crippen molar-refractivity contribution in [2.75, 3.05) is 13.1 Å². The molecule has 3 heteroatoms. The van der Waals surface area contributed by atoms with E-state index < -0.39 is 5.60 Å². The van der Waals surface area contributed by atoms with E-state index in [1.54, 1.807) is 0 Å². The van der Waals surface area contributed by atoms with Gasteiger partial charge in [-0.1, -0.05) is 25.1 Å². The van der Waals surface area contributed by atoms with Gasteiger partial charge in [-0.3, -0.25) is 0 Å². The summed E-state index contributed by atoms with van der Waals surface area (Å²) in [6.45, 7) is 3.80. The van der Waals surface area contributed by atoms with Crippen LogP contribution in [-0.2, 0) is 5.60 Å². The second kappa shape index (κ2) is 4.41. The van der Waals surface area contributed by atoms with E-state index in [1.165, 1.54) is 0 Å². The van der Waals surface area contributed by atoms with E-state index in [4.69, 9.17) is 4.42 Å². The van der Waals surface area contributed by atoms with Crippen molar-refractivity contribution in [2.45, 2.75) is 25.4 Å². The quantitative estimate of drug-likeness (QED) is 0.855. The van der Waals surface area contributed by atoms with Crippen molar-refractivity contribution in [3.8, 4) is 0 Å². The highest BCUT2D eigenvalue weighted by Crippen LogP contribution is 2.39. The van der Waals surface area contributed by atoms with Gasteiger partial charge >= 0.3 is 0 Å². The molecule has 0 bridgehead atoms. The number of hydrogen-bond acceptors (Lipinski definition) is 3. The van der Waals surface area contributed by atoms with E-state index in [2.05, 4.69) is 12.2 Å². The molecule has 2 atom stereocenters. The standard InChI is InChI=1S/C15H19NO2/c1-2-12-10-16-8-7-15(12,17)14-9-11-5-3-4-6-13(11)18-14/h3-6,9,12,16-17H,2,7-8,10H2,1H3. The summed E-state index contributed by atoms with van der Waals surface area (Å²) in [5.74, 6) is 0.934. The molecule has 1 saturated heterocycles. The Morgan fingerprint density at radius 1 is 1.44 bits per heavy atom. The van der Waals surface area contributed by atoms with Crippen molar-refractivity contribution in [3.05, 3.63) is 36.1 Å². The Bertz CT molecular complexity index is 515. The van der Waals surface area contributed by atoms with E-state index in [0.717, 1.165) is 36.2 Å². The number of aliphatic hydroxyl groups is 1. The molecule has 0 spiro atoms. The summed E-state index contributed by atoms with van der Waals surface area (Å²) in [6.07, 6.45) is 1.66. The fourth-order valence-electron chi connectivity index (χ4n) is 2.93. The van der Waals surface area contributed by atoms with Crippen molar-refractivity contribution in [1.29, 1.82) is 0 Å². The predicted molar refractivity (Wildman–Crippen MR) is 71.4 cm³/mol. The van der Waals surface area contributed by atoms with Gasteiger partial charge in [-0.2, -0.15) is 0 Å². The number of hydrogen-bond donors (Lipinski definition) is 2. The number of furan rings is 1. The third-order valence-corrected chi connectivity index (χ3v) is 4.09. The van der Waals surface area contributed by atoms with Crippen molar-refractivity contribution in [2.24, 2.45) is 5.92 Å². The van der Waals surface area contributed by atoms with Crippen molar-refractivity contribution in [1.82, 2.24) is 5.32 Å². The summed E-state index contributed by atoms with van der Waals surface area (Å²) < 4.78 is 5.86. The van der Waals surface area contributed by atoms with Gasteiger partial charge in [0, 0.05) is 17.8 Å². The molecule has 2 heterocycles. The molecule has 18 heavy (non-hydrogen) atoms. The van der Waals surface area contributed by atoms with Gasteiger partial charge in [0.2, 0.25) is 0 Å². The van der Waals surface area contributed by atoms with Gasteiger partial charge in [0.25, 0.3) is 0 Å². The van der Waals surface area contributed by atoms with Crippen molar-refractivity contribution in [3.63, 3.8) is 0 Å². The van der Waals surface area contributed by atoms with Crippen LogP contribution in [0.15, 0.2) is 34.7 Å². The highest BCUT2D eigenvalue weighted by Gasteiger charge is 2.42. The summed E-state index contributed by atoms with van der Waals surface area (Å²) in [5.41, 5.74) is 0.0354. The minimum Gasteiger partial charge on any atom is -0.458 e. The highest BCUT2D eigenvalue weighted by atomic mass is 16.4. The summed E-state index contributed by atoms with van der Waals surface area (Å²) in [7, 11) is 0. The molecular formula is C15H19NO2. The Hall–Kier alpha value is -1.32. The van der Waals surface area contributed by atoms with Crippen molar-refractivity contribution >= 4 is 11.0 Å². The molecule has 1 aliphatic rings. The topological polar surface area (TPSA) is 45.4 Å². The van der Waals surface area contributed by atoms with Crippen LogP contribution in [0.3, 0.4) is 0 Å². The maximum Gasteiger partial charge on any atom is 0.137 e. The molecule has 3 rings (SSSR count). The minimum atomic E-state index is -0.820. The first-order chi connectivity index (χ1) is 8.74. The van der Waals surface area contributed by atoms with Crippen LogP contribution in [0.25, 0.3) is 11.0 Å². The van der Waals surface area contributed by atoms with Gasteiger partial charge in [0.15, 0.2) is 0 Å². The highest BCUT2D eigenvalue weighted by molar-refractivity contribution is 5.77. The molecule has 1 aliphatic heterocycles. The SMILES string of the molecule is CCC1CNCCC1(O)c1cc2ccccc2o1. The van der Waals surface area contributed by atoms with Crippen LogP contribution in [0.2, 0.25) is 0 Å². The lowest BCUT2D eigenvalue weighted by Gasteiger charge is -2.38. The van der Waals surface area contributed by atoms with E-state index in [9.17, 15) is 5.11 Å². The smallest absolute Gasteiger partial charge is 0.137 e. The Morgan fingerprint density at radius 2 is 2.28 bits per heavy atom. The van der Waals surface area contributed by atoms with E-state index in [0.29, 0.717) is 6.42 Å². The maximum atomic E-state index is 11.0. The van der Waals surface area contributed by atoms with Crippen LogP contribution in [0.4, 0.5) is 0 Å². The first kappa shape index (κ1) is 11.8. The molecule has 2 aromatic rings.